The summed E-state index contributed by atoms with van der Waals surface area (Å²) < 4.78 is 25.2. The number of unbranched alkanes of at least 4 members (excludes halogenated alkanes) is 1. The fourth-order valence-electron chi connectivity index (χ4n) is 2.87. The first-order chi connectivity index (χ1) is 10.8. The maximum Gasteiger partial charge on any atom is 0.214 e. The van der Waals surface area contributed by atoms with Crippen molar-refractivity contribution < 1.29 is 13.5 Å². The van der Waals surface area contributed by atoms with Crippen molar-refractivity contribution >= 4 is 21.4 Å². The largest absolute Gasteiger partial charge is 0.391 e. The van der Waals surface area contributed by atoms with Crippen LogP contribution in [0.5, 0.6) is 0 Å². The van der Waals surface area contributed by atoms with Gasteiger partial charge in [0.05, 0.1) is 11.9 Å². The zero-order valence-electron chi connectivity index (χ0n) is 14.2. The molecule has 0 aliphatic carbocycles. The Morgan fingerprint density at radius 3 is 2.65 bits per heavy atom. The Hall–Kier alpha value is -0.470. The highest BCUT2D eigenvalue weighted by molar-refractivity contribution is 7.89. The zero-order chi connectivity index (χ0) is 17.0. The number of sulfonamides is 1. The Balaban J connectivity index is 1.90. The number of aliphatic hydroxyl groups excluding tert-OH is 1. The number of hydrogen-bond donors (Lipinski definition) is 1. The van der Waals surface area contributed by atoms with Crippen LogP contribution in [-0.2, 0) is 23.0 Å². The molecule has 0 bridgehead atoms. The molecule has 1 aliphatic rings. The third-order valence-corrected chi connectivity index (χ3v) is 7.43. The van der Waals surface area contributed by atoms with E-state index in [9.17, 15) is 13.5 Å². The molecule has 1 N–H and O–H groups in total. The molecular formula is C16H28N2O3S2. The number of rotatable bonds is 8. The molecule has 0 saturated carbocycles. The van der Waals surface area contributed by atoms with Gasteiger partial charge in [-0.05, 0) is 25.0 Å². The predicted octanol–water partition coefficient (Wildman–Crippen LogP) is 1.77. The standard InChI is InChI=1S/C16H28N2O3S2/c1-4-5-6-14-7-8-15(22-14)10-18-9-13(16(19)11-18)12-23(20,21)17(2)3/h7-8,13,16,19H,4-6,9-12H2,1-3H3/t13-,16+/m0/s1. The fraction of sp³-hybridized carbons (Fsp3) is 0.750. The average Bonchev–Trinajstić information content (AvgIpc) is 3.04. The van der Waals surface area contributed by atoms with Gasteiger partial charge in [0.1, 0.15) is 0 Å². The number of β-amino-alcohol motifs (C(OH)–C–C–N with tert-alkyl or cyclic N) is 1. The maximum atomic E-state index is 12.0. The monoisotopic (exact) mass is 360 g/mol. The first-order valence-electron chi connectivity index (χ1n) is 8.20. The Kier molecular flexibility index (Phi) is 6.62. The van der Waals surface area contributed by atoms with Gasteiger partial charge in [-0.2, -0.15) is 0 Å². The van der Waals surface area contributed by atoms with Crippen LogP contribution in [0.25, 0.3) is 0 Å². The van der Waals surface area contributed by atoms with Crippen LogP contribution in [0.1, 0.15) is 29.5 Å². The summed E-state index contributed by atoms with van der Waals surface area (Å²) in [6, 6.07) is 4.35. The lowest BCUT2D eigenvalue weighted by Gasteiger charge is -2.17. The molecule has 7 heteroatoms. The molecule has 0 unspecified atom stereocenters. The molecule has 1 saturated heterocycles. The lowest BCUT2D eigenvalue weighted by Crippen LogP contribution is -2.33. The van der Waals surface area contributed by atoms with Gasteiger partial charge in [0, 0.05) is 49.4 Å². The van der Waals surface area contributed by atoms with Crippen LogP contribution < -0.4 is 0 Å². The summed E-state index contributed by atoms with van der Waals surface area (Å²) in [6.07, 6.45) is 2.98. The van der Waals surface area contributed by atoms with E-state index in [-0.39, 0.29) is 11.7 Å². The first kappa shape index (κ1) is 18.9. The molecule has 5 nitrogen and oxygen atoms in total. The van der Waals surface area contributed by atoms with Gasteiger partial charge in [0.25, 0.3) is 0 Å². The second kappa shape index (κ2) is 8.07. The molecule has 0 radical (unpaired) electrons. The van der Waals surface area contributed by atoms with E-state index in [2.05, 4.69) is 24.0 Å². The minimum atomic E-state index is -3.27. The normalized spacial score (nSPS) is 23.0. The maximum absolute atomic E-state index is 12.0. The summed E-state index contributed by atoms with van der Waals surface area (Å²) in [4.78, 5) is 4.86. The highest BCUT2D eigenvalue weighted by atomic mass is 32.2. The zero-order valence-corrected chi connectivity index (χ0v) is 15.9. The van der Waals surface area contributed by atoms with Crippen LogP contribution >= 0.6 is 11.3 Å². The van der Waals surface area contributed by atoms with E-state index in [0.29, 0.717) is 13.1 Å². The van der Waals surface area contributed by atoms with Gasteiger partial charge in [-0.3, -0.25) is 4.90 Å². The van der Waals surface area contributed by atoms with Crippen LogP contribution in [0, 0.1) is 5.92 Å². The average molecular weight is 361 g/mol. The second-order valence-electron chi connectivity index (χ2n) is 6.55. The summed E-state index contributed by atoms with van der Waals surface area (Å²) in [5.41, 5.74) is 0. The lowest BCUT2D eigenvalue weighted by atomic mass is 10.1. The summed E-state index contributed by atoms with van der Waals surface area (Å²) >= 11 is 1.83. The van der Waals surface area contributed by atoms with Crippen LogP contribution in [0.3, 0.4) is 0 Å². The summed E-state index contributed by atoms with van der Waals surface area (Å²) in [6.45, 7) is 4.18. The quantitative estimate of drug-likeness (QED) is 0.768. The van der Waals surface area contributed by atoms with Crippen molar-refractivity contribution in [2.75, 3.05) is 32.9 Å². The Morgan fingerprint density at radius 2 is 2.00 bits per heavy atom. The second-order valence-corrected chi connectivity index (χ2v) is 10.0. The highest BCUT2D eigenvalue weighted by Crippen LogP contribution is 2.25. The molecule has 1 fully saturated rings. The first-order valence-corrected chi connectivity index (χ1v) is 10.6. The van der Waals surface area contributed by atoms with E-state index >= 15 is 0 Å². The molecule has 0 amide bonds. The molecule has 1 aromatic rings. The van der Waals surface area contributed by atoms with Gasteiger partial charge in [-0.25, -0.2) is 12.7 Å². The number of hydrogen-bond acceptors (Lipinski definition) is 5. The SMILES string of the molecule is CCCCc1ccc(CN2C[C@@H](CS(=O)(=O)N(C)C)[C@H](O)C2)s1. The predicted molar refractivity (Wildman–Crippen MR) is 95.2 cm³/mol. The molecule has 1 aliphatic heterocycles. The van der Waals surface area contributed by atoms with Crippen molar-refractivity contribution in [1.29, 1.82) is 0 Å². The third kappa shape index (κ3) is 5.26. The van der Waals surface area contributed by atoms with E-state index in [1.165, 1.54) is 41.0 Å². The molecule has 2 heterocycles. The van der Waals surface area contributed by atoms with Gasteiger partial charge in [-0.15, -0.1) is 11.3 Å². The van der Waals surface area contributed by atoms with Crippen molar-refractivity contribution in [3.63, 3.8) is 0 Å². The minimum absolute atomic E-state index is 0.0177. The minimum Gasteiger partial charge on any atom is -0.391 e. The topological polar surface area (TPSA) is 60.9 Å². The summed E-state index contributed by atoms with van der Waals surface area (Å²) in [7, 11) is -0.189. The van der Waals surface area contributed by atoms with Gasteiger partial charge in [0.15, 0.2) is 0 Å². The number of aliphatic hydroxyl groups is 1. The number of nitrogens with zero attached hydrogens (tertiary/aromatic N) is 2. The van der Waals surface area contributed by atoms with Crippen molar-refractivity contribution in [1.82, 2.24) is 9.21 Å². The molecule has 2 rings (SSSR count). The van der Waals surface area contributed by atoms with Gasteiger partial charge < -0.3 is 5.11 Å². The van der Waals surface area contributed by atoms with E-state index in [0.717, 1.165) is 13.0 Å². The molecule has 0 spiro atoms. The van der Waals surface area contributed by atoms with Crippen molar-refractivity contribution in [3.8, 4) is 0 Å². The molecule has 0 aromatic carbocycles. The molecule has 132 valence electrons. The third-order valence-electron chi connectivity index (χ3n) is 4.34. The number of thiophene rings is 1. The fourth-order valence-corrected chi connectivity index (χ4v) is 5.14. The van der Waals surface area contributed by atoms with E-state index in [1.54, 1.807) is 0 Å². The molecule has 23 heavy (non-hydrogen) atoms. The van der Waals surface area contributed by atoms with Crippen molar-refractivity contribution in [2.24, 2.45) is 5.92 Å². The Morgan fingerprint density at radius 1 is 1.30 bits per heavy atom. The molecule has 1 aromatic heterocycles. The van der Waals surface area contributed by atoms with Crippen molar-refractivity contribution in [3.05, 3.63) is 21.9 Å². The Bertz CT molecular complexity index is 598. The van der Waals surface area contributed by atoms with Crippen LogP contribution in [0.15, 0.2) is 12.1 Å². The van der Waals surface area contributed by atoms with Crippen LogP contribution in [0.4, 0.5) is 0 Å². The van der Waals surface area contributed by atoms with Crippen LogP contribution in [0.2, 0.25) is 0 Å². The van der Waals surface area contributed by atoms with Crippen LogP contribution in [-0.4, -0.2) is 61.8 Å². The summed E-state index contributed by atoms with van der Waals surface area (Å²) in [5, 5.41) is 10.2. The molecule has 2 atom stereocenters. The van der Waals surface area contributed by atoms with Gasteiger partial charge in [0.2, 0.25) is 10.0 Å². The van der Waals surface area contributed by atoms with E-state index in [1.807, 2.05) is 11.3 Å². The van der Waals surface area contributed by atoms with E-state index < -0.39 is 16.1 Å². The Labute approximate surface area is 144 Å². The van der Waals surface area contributed by atoms with Crippen molar-refractivity contribution in [2.45, 2.75) is 38.8 Å². The van der Waals surface area contributed by atoms with Gasteiger partial charge in [-0.1, -0.05) is 13.3 Å². The smallest absolute Gasteiger partial charge is 0.214 e. The lowest BCUT2D eigenvalue weighted by molar-refractivity contribution is 0.148. The number of aryl methyl sites for hydroxylation is 1. The van der Waals surface area contributed by atoms with Gasteiger partial charge >= 0.3 is 0 Å². The molecular weight excluding hydrogens is 332 g/mol. The van der Waals surface area contributed by atoms with E-state index in [4.69, 9.17) is 0 Å². The number of likely N-dealkylation sites (tertiary alicyclic amines) is 1. The highest BCUT2D eigenvalue weighted by Gasteiger charge is 2.35. The summed E-state index contributed by atoms with van der Waals surface area (Å²) in [5.74, 6) is -0.189.